The number of nitrogens with one attached hydrogen (secondary N) is 3. The molecule has 186 valence electrons. The van der Waals surface area contributed by atoms with Crippen LogP contribution in [0, 0.1) is 0 Å². The van der Waals surface area contributed by atoms with E-state index in [1.807, 2.05) is 6.20 Å². The van der Waals surface area contributed by atoms with Crippen LogP contribution >= 0.6 is 0 Å². The van der Waals surface area contributed by atoms with Gasteiger partial charge in [-0.25, -0.2) is 15.0 Å². The zero-order valence-corrected chi connectivity index (χ0v) is 19.3. The van der Waals surface area contributed by atoms with Crippen LogP contribution in [0.4, 0.5) is 24.8 Å². The van der Waals surface area contributed by atoms with Crippen molar-refractivity contribution in [1.82, 2.24) is 25.3 Å². The first-order valence-corrected chi connectivity index (χ1v) is 12.1. The summed E-state index contributed by atoms with van der Waals surface area (Å²) in [6, 6.07) is 2.65. The van der Waals surface area contributed by atoms with Crippen LogP contribution in [0.3, 0.4) is 0 Å². The number of pyridine rings is 1. The van der Waals surface area contributed by atoms with Crippen LogP contribution in [0.5, 0.6) is 0 Å². The lowest BCUT2D eigenvalue weighted by Crippen LogP contribution is -2.52. The van der Waals surface area contributed by atoms with E-state index in [9.17, 15) is 13.2 Å². The highest BCUT2D eigenvalue weighted by Gasteiger charge is 2.46. The molecule has 0 amide bonds. The second-order valence-corrected chi connectivity index (χ2v) is 9.72. The number of H-pyrrole nitrogens is 1. The Kier molecular flexibility index (Phi) is 5.56. The van der Waals surface area contributed by atoms with E-state index in [2.05, 4.69) is 35.5 Å². The molecule has 0 bridgehead atoms. The van der Waals surface area contributed by atoms with Crippen molar-refractivity contribution < 1.29 is 17.9 Å². The summed E-state index contributed by atoms with van der Waals surface area (Å²) in [6.07, 6.45) is 2.80. The molecule has 1 spiro atoms. The van der Waals surface area contributed by atoms with Gasteiger partial charge >= 0.3 is 6.18 Å². The second kappa shape index (κ2) is 8.63. The average molecular weight is 488 g/mol. The third-order valence-corrected chi connectivity index (χ3v) is 7.40. The Morgan fingerprint density at radius 3 is 2.77 bits per heavy atom. The number of aromatic nitrogens is 4. The highest BCUT2D eigenvalue weighted by atomic mass is 19.4. The van der Waals surface area contributed by atoms with Crippen LogP contribution in [0.2, 0.25) is 0 Å². The normalized spacial score (nSPS) is 20.5. The number of ether oxygens (including phenoxy) is 1. The van der Waals surface area contributed by atoms with Crippen molar-refractivity contribution in [3.63, 3.8) is 0 Å². The number of piperazine rings is 1. The van der Waals surface area contributed by atoms with Gasteiger partial charge in [-0.1, -0.05) is 0 Å². The zero-order valence-electron chi connectivity index (χ0n) is 19.3. The first-order valence-electron chi connectivity index (χ1n) is 12.1. The molecule has 3 aromatic heterocycles. The van der Waals surface area contributed by atoms with Gasteiger partial charge in [0.05, 0.1) is 23.2 Å². The predicted octanol–water partition coefficient (Wildman–Crippen LogP) is 3.82. The number of hydrogen-bond acceptors (Lipinski definition) is 7. The number of hydrogen-bond donors (Lipinski definition) is 3. The monoisotopic (exact) mass is 487 g/mol. The Hall–Kier alpha value is -2.92. The topological polar surface area (TPSA) is 91.0 Å². The fourth-order valence-corrected chi connectivity index (χ4v) is 5.32. The molecule has 0 atom stereocenters. The molecule has 3 N–H and O–H groups in total. The van der Waals surface area contributed by atoms with Gasteiger partial charge in [0, 0.05) is 44.6 Å². The van der Waals surface area contributed by atoms with Gasteiger partial charge in [-0.15, -0.1) is 0 Å². The third-order valence-electron chi connectivity index (χ3n) is 7.40. The lowest BCUT2D eigenvalue weighted by Gasteiger charge is -2.35. The van der Waals surface area contributed by atoms with E-state index in [0.717, 1.165) is 62.3 Å². The summed E-state index contributed by atoms with van der Waals surface area (Å²) >= 11 is 0. The summed E-state index contributed by atoms with van der Waals surface area (Å²) in [7, 11) is 0. The summed E-state index contributed by atoms with van der Waals surface area (Å²) in [6.45, 7) is 3.57. The Balaban J connectivity index is 1.30. The van der Waals surface area contributed by atoms with Crippen LogP contribution in [-0.4, -0.2) is 58.3 Å². The number of nitrogens with zero attached hydrogens (tertiary/aromatic N) is 4. The van der Waals surface area contributed by atoms with E-state index < -0.39 is 11.7 Å². The third kappa shape index (κ3) is 4.42. The molecule has 1 saturated carbocycles. The molecular formula is C24H28F3N7O. The molecule has 0 radical (unpaired) electrons. The summed E-state index contributed by atoms with van der Waals surface area (Å²) in [4.78, 5) is 18.5. The molecular weight excluding hydrogens is 459 g/mol. The highest BCUT2D eigenvalue weighted by molar-refractivity contribution is 5.90. The summed E-state index contributed by atoms with van der Waals surface area (Å²) in [5, 5.41) is 7.49. The quantitative estimate of drug-likeness (QED) is 0.504. The van der Waals surface area contributed by atoms with E-state index in [1.54, 1.807) is 0 Å². The highest BCUT2D eigenvalue weighted by Crippen LogP contribution is 2.40. The summed E-state index contributed by atoms with van der Waals surface area (Å²) in [5.74, 6) is 1.39. The molecule has 6 rings (SSSR count). The van der Waals surface area contributed by atoms with E-state index in [-0.39, 0.29) is 17.8 Å². The van der Waals surface area contributed by atoms with Gasteiger partial charge in [0.25, 0.3) is 0 Å². The average Bonchev–Trinajstić information content (AvgIpc) is 3.45. The van der Waals surface area contributed by atoms with Gasteiger partial charge in [0.1, 0.15) is 23.6 Å². The first-order chi connectivity index (χ1) is 16.9. The lowest BCUT2D eigenvalue weighted by atomic mass is 9.92. The molecule has 5 heterocycles. The maximum atomic E-state index is 13.9. The van der Waals surface area contributed by atoms with E-state index in [0.29, 0.717) is 36.4 Å². The van der Waals surface area contributed by atoms with E-state index >= 15 is 0 Å². The van der Waals surface area contributed by atoms with Gasteiger partial charge < -0.3 is 25.3 Å². The minimum atomic E-state index is -4.49. The van der Waals surface area contributed by atoms with Crippen molar-refractivity contribution in [2.45, 2.75) is 49.9 Å². The lowest BCUT2D eigenvalue weighted by molar-refractivity contribution is -0.138. The van der Waals surface area contributed by atoms with Gasteiger partial charge in [0.15, 0.2) is 0 Å². The van der Waals surface area contributed by atoms with Crippen molar-refractivity contribution in [3.05, 3.63) is 41.5 Å². The number of fused-ring (bicyclic) bond motifs is 1. The number of halogens is 3. The Bertz CT molecular complexity index is 1220. The van der Waals surface area contributed by atoms with Crippen LogP contribution in [0.25, 0.3) is 11.0 Å². The molecule has 3 aliphatic rings. The van der Waals surface area contributed by atoms with Gasteiger partial charge in [-0.2, -0.15) is 13.2 Å². The van der Waals surface area contributed by atoms with Crippen molar-refractivity contribution in [1.29, 1.82) is 0 Å². The number of aromatic amines is 1. The molecule has 3 fully saturated rings. The number of anilines is 2. The molecule has 3 aromatic rings. The Morgan fingerprint density at radius 1 is 1.17 bits per heavy atom. The molecule has 8 nitrogen and oxygen atoms in total. The Morgan fingerprint density at radius 2 is 2.00 bits per heavy atom. The van der Waals surface area contributed by atoms with Crippen LogP contribution in [0.15, 0.2) is 24.7 Å². The smallest absolute Gasteiger partial charge is 0.381 e. The van der Waals surface area contributed by atoms with E-state index in [1.165, 1.54) is 12.4 Å². The predicted molar refractivity (Wildman–Crippen MR) is 125 cm³/mol. The van der Waals surface area contributed by atoms with Gasteiger partial charge in [-0.05, 0) is 49.3 Å². The zero-order chi connectivity index (χ0) is 24.0. The van der Waals surface area contributed by atoms with Crippen LogP contribution in [0.1, 0.15) is 48.4 Å². The van der Waals surface area contributed by atoms with Crippen molar-refractivity contribution >= 4 is 22.7 Å². The number of alkyl halides is 3. The minimum Gasteiger partial charge on any atom is -0.381 e. The van der Waals surface area contributed by atoms with Gasteiger partial charge in [0.2, 0.25) is 0 Å². The fraction of sp³-hybridized carbons (Fsp3) is 0.542. The summed E-state index contributed by atoms with van der Waals surface area (Å²) < 4.78 is 47.1. The van der Waals surface area contributed by atoms with Crippen LogP contribution in [-0.2, 0) is 17.5 Å². The standard InChI is InChI=1S/C24H28F3N7O/c25-24(26,27)17-1-2-19(34-8-7-32-23(13-34)5-6-23)33-18(17)12-29-22-20-16(15-3-9-35-10-4-15)11-28-21(20)30-14-31-22/h1-2,11,14-15,32H,3-10,12-13H2,(H2,28,29,30,31). The van der Waals surface area contributed by atoms with Crippen molar-refractivity contribution in [2.75, 3.05) is 43.1 Å². The largest absolute Gasteiger partial charge is 0.418 e. The molecule has 0 unspecified atom stereocenters. The fourth-order valence-electron chi connectivity index (χ4n) is 5.32. The SMILES string of the molecule is FC(F)(F)c1ccc(N2CCNC3(CC3)C2)nc1CNc1ncnc2[nH]cc(C3CCOCC3)c12. The Labute approximate surface area is 200 Å². The maximum absolute atomic E-state index is 13.9. The molecule has 35 heavy (non-hydrogen) atoms. The van der Waals surface area contributed by atoms with E-state index in [4.69, 9.17) is 4.74 Å². The summed E-state index contributed by atoms with van der Waals surface area (Å²) in [5.41, 5.74) is 1.07. The molecule has 2 saturated heterocycles. The minimum absolute atomic E-state index is 0.0340. The molecule has 1 aliphatic carbocycles. The maximum Gasteiger partial charge on any atom is 0.418 e. The van der Waals surface area contributed by atoms with Crippen LogP contribution < -0.4 is 15.5 Å². The molecule has 11 heteroatoms. The second-order valence-electron chi connectivity index (χ2n) is 9.72. The van der Waals surface area contributed by atoms with Crippen molar-refractivity contribution in [2.24, 2.45) is 0 Å². The van der Waals surface area contributed by atoms with Gasteiger partial charge in [-0.3, -0.25) is 0 Å². The molecule has 2 aliphatic heterocycles. The first kappa shape index (κ1) is 22.5. The number of rotatable bonds is 5. The molecule has 0 aromatic carbocycles. The van der Waals surface area contributed by atoms with Crippen molar-refractivity contribution in [3.8, 4) is 0 Å².